The quantitative estimate of drug-likeness (QED) is 0.573. The van der Waals surface area contributed by atoms with Crippen molar-refractivity contribution in [1.82, 2.24) is 0 Å². The van der Waals surface area contributed by atoms with Crippen molar-refractivity contribution in [3.05, 3.63) is 35.9 Å². The molecule has 0 atom stereocenters. The van der Waals surface area contributed by atoms with Crippen LogP contribution >= 0.6 is 0 Å². The maximum Gasteiger partial charge on any atom is -0.0149 e. The Hall–Kier alpha value is -0.780. The molecule has 0 aliphatic heterocycles. The second-order valence-electron chi connectivity index (χ2n) is 3.55. The van der Waals surface area contributed by atoms with E-state index in [0.29, 0.717) is 0 Å². The van der Waals surface area contributed by atoms with Crippen molar-refractivity contribution in [2.24, 2.45) is 0 Å². The highest BCUT2D eigenvalue weighted by Gasteiger charge is 1.92. The van der Waals surface area contributed by atoms with Crippen LogP contribution in [0.15, 0.2) is 24.3 Å². The van der Waals surface area contributed by atoms with Crippen LogP contribution in [0.1, 0.15) is 44.6 Å². The van der Waals surface area contributed by atoms with Crippen LogP contribution in [0.2, 0.25) is 0 Å². The van der Waals surface area contributed by atoms with Crippen LogP contribution in [0.25, 0.3) is 0 Å². The number of benzene rings is 1. The van der Waals surface area contributed by atoms with Gasteiger partial charge in [0.05, 0.1) is 0 Å². The summed E-state index contributed by atoms with van der Waals surface area (Å²) in [6, 6.07) is 11.6. The largest absolute Gasteiger partial charge is 0.0654 e. The van der Waals surface area contributed by atoms with Gasteiger partial charge in [0, 0.05) is 0 Å². The molecule has 0 aliphatic carbocycles. The fourth-order valence-electron chi connectivity index (χ4n) is 1.51. The molecule has 0 aliphatic rings. The van der Waals surface area contributed by atoms with Crippen LogP contribution < -0.4 is 0 Å². The van der Waals surface area contributed by atoms with Gasteiger partial charge in [0.2, 0.25) is 0 Å². The van der Waals surface area contributed by atoms with Crippen molar-refractivity contribution in [2.75, 3.05) is 0 Å². The van der Waals surface area contributed by atoms with E-state index < -0.39 is 0 Å². The Morgan fingerprint density at radius 3 is 2.62 bits per heavy atom. The Kier molecular flexibility index (Phi) is 5.31. The van der Waals surface area contributed by atoms with E-state index in [9.17, 15) is 0 Å². The highest BCUT2D eigenvalue weighted by molar-refractivity contribution is 5.12. The summed E-state index contributed by atoms with van der Waals surface area (Å²) in [7, 11) is 0. The standard InChI is InChI=1S/C13H19/c1-2-3-4-5-7-10-13-11-8-6-9-12-13/h6,8-9,11H,2-5,7,10H2,1H3. The van der Waals surface area contributed by atoms with Crippen LogP contribution in [0.3, 0.4) is 0 Å². The molecule has 1 radical (unpaired) electrons. The smallest absolute Gasteiger partial charge is 0.0149 e. The molecule has 13 heavy (non-hydrogen) atoms. The summed E-state index contributed by atoms with van der Waals surface area (Å²) in [5.74, 6) is 0. The lowest BCUT2D eigenvalue weighted by Gasteiger charge is -2.00. The topological polar surface area (TPSA) is 0 Å². The molecule has 0 amide bonds. The van der Waals surface area contributed by atoms with Gasteiger partial charge in [-0.25, -0.2) is 0 Å². The van der Waals surface area contributed by atoms with Gasteiger partial charge in [0.25, 0.3) is 0 Å². The van der Waals surface area contributed by atoms with E-state index in [-0.39, 0.29) is 0 Å². The molecule has 0 saturated carbocycles. The zero-order valence-corrected chi connectivity index (χ0v) is 8.55. The second kappa shape index (κ2) is 6.71. The number of unbranched alkanes of at least 4 members (excludes halogenated alkanes) is 4. The number of aryl methyl sites for hydroxylation is 1. The van der Waals surface area contributed by atoms with Gasteiger partial charge < -0.3 is 0 Å². The Balaban J connectivity index is 2.07. The molecule has 0 heterocycles. The van der Waals surface area contributed by atoms with Gasteiger partial charge in [-0.3, -0.25) is 0 Å². The molecule has 0 spiro atoms. The van der Waals surface area contributed by atoms with Gasteiger partial charge in [0.1, 0.15) is 0 Å². The van der Waals surface area contributed by atoms with Crippen molar-refractivity contribution in [1.29, 1.82) is 0 Å². The van der Waals surface area contributed by atoms with Crippen molar-refractivity contribution in [2.45, 2.75) is 45.4 Å². The van der Waals surface area contributed by atoms with E-state index in [1.165, 1.54) is 44.1 Å². The minimum atomic E-state index is 1.20. The predicted molar refractivity (Wildman–Crippen MR) is 57.7 cm³/mol. The fraction of sp³-hybridized carbons (Fsp3) is 0.538. The van der Waals surface area contributed by atoms with Gasteiger partial charge in [-0.2, -0.15) is 0 Å². The molecule has 0 bridgehead atoms. The first-order chi connectivity index (χ1) is 6.43. The summed E-state index contributed by atoms with van der Waals surface area (Å²) >= 11 is 0. The highest BCUT2D eigenvalue weighted by atomic mass is 14.0. The molecular weight excluding hydrogens is 156 g/mol. The summed E-state index contributed by atoms with van der Waals surface area (Å²) in [4.78, 5) is 0. The maximum atomic E-state index is 3.26. The Labute approximate surface area is 82.0 Å². The number of rotatable bonds is 6. The van der Waals surface area contributed by atoms with Crippen LogP contribution in [0, 0.1) is 6.07 Å². The third kappa shape index (κ3) is 4.72. The summed E-state index contributed by atoms with van der Waals surface area (Å²) in [5, 5.41) is 0. The van der Waals surface area contributed by atoms with Gasteiger partial charge in [0.15, 0.2) is 0 Å². The molecule has 0 saturated heterocycles. The first kappa shape index (κ1) is 10.3. The van der Waals surface area contributed by atoms with Crippen molar-refractivity contribution in [3.63, 3.8) is 0 Å². The Morgan fingerprint density at radius 2 is 1.92 bits per heavy atom. The zero-order valence-electron chi connectivity index (χ0n) is 8.55. The molecule has 1 aromatic rings. The lowest BCUT2D eigenvalue weighted by Crippen LogP contribution is -1.85. The zero-order chi connectivity index (χ0) is 9.36. The summed E-state index contributed by atoms with van der Waals surface area (Å²) < 4.78 is 0. The molecule has 71 valence electrons. The van der Waals surface area contributed by atoms with Crippen LogP contribution in [-0.4, -0.2) is 0 Å². The predicted octanol–water partition coefficient (Wildman–Crippen LogP) is 4.00. The lowest BCUT2D eigenvalue weighted by molar-refractivity contribution is 0.632. The molecule has 0 aromatic heterocycles. The van der Waals surface area contributed by atoms with Crippen molar-refractivity contribution in [3.8, 4) is 0 Å². The molecule has 0 nitrogen and oxygen atoms in total. The summed E-state index contributed by atoms with van der Waals surface area (Å²) in [6.07, 6.45) is 8.00. The second-order valence-corrected chi connectivity index (χ2v) is 3.55. The van der Waals surface area contributed by atoms with E-state index in [2.05, 4.69) is 25.1 Å². The van der Waals surface area contributed by atoms with Gasteiger partial charge in [-0.15, -0.1) is 0 Å². The van der Waals surface area contributed by atoms with E-state index in [1.54, 1.807) is 0 Å². The van der Waals surface area contributed by atoms with Gasteiger partial charge >= 0.3 is 0 Å². The highest BCUT2D eigenvalue weighted by Crippen LogP contribution is 2.07. The first-order valence-corrected chi connectivity index (χ1v) is 5.39. The number of hydrogen-bond acceptors (Lipinski definition) is 0. The third-order valence-electron chi connectivity index (χ3n) is 2.32. The van der Waals surface area contributed by atoms with Crippen LogP contribution in [-0.2, 0) is 6.42 Å². The molecule has 0 N–H and O–H groups in total. The summed E-state index contributed by atoms with van der Waals surface area (Å²) in [5.41, 5.74) is 1.36. The third-order valence-corrected chi connectivity index (χ3v) is 2.32. The Bertz CT molecular complexity index is 201. The SMILES string of the molecule is CCCCCCCc1[c]cccc1. The summed E-state index contributed by atoms with van der Waals surface area (Å²) in [6.45, 7) is 2.25. The van der Waals surface area contributed by atoms with E-state index >= 15 is 0 Å². The minimum Gasteiger partial charge on any atom is -0.0654 e. The monoisotopic (exact) mass is 175 g/mol. The van der Waals surface area contributed by atoms with Crippen molar-refractivity contribution < 1.29 is 0 Å². The lowest BCUT2D eigenvalue weighted by atomic mass is 10.1. The normalized spacial score (nSPS) is 10.2. The van der Waals surface area contributed by atoms with Crippen LogP contribution in [0.4, 0.5) is 0 Å². The molecule has 1 rings (SSSR count). The fourth-order valence-corrected chi connectivity index (χ4v) is 1.51. The van der Waals surface area contributed by atoms with Crippen LogP contribution in [0.5, 0.6) is 0 Å². The van der Waals surface area contributed by atoms with Gasteiger partial charge in [-0.05, 0) is 24.5 Å². The minimum absolute atomic E-state index is 1.20. The van der Waals surface area contributed by atoms with Gasteiger partial charge in [-0.1, -0.05) is 56.9 Å². The van der Waals surface area contributed by atoms with E-state index in [0.717, 1.165) is 0 Å². The molecule has 0 unspecified atom stereocenters. The molecule has 0 heteroatoms. The average Bonchev–Trinajstić information content (AvgIpc) is 2.19. The molecule has 0 fully saturated rings. The number of hydrogen-bond donors (Lipinski definition) is 0. The van der Waals surface area contributed by atoms with Crippen molar-refractivity contribution >= 4 is 0 Å². The molecular formula is C13H19. The van der Waals surface area contributed by atoms with E-state index in [1.807, 2.05) is 12.1 Å². The molecule has 1 aromatic carbocycles. The maximum absolute atomic E-state index is 3.26. The first-order valence-electron chi connectivity index (χ1n) is 5.39. The van der Waals surface area contributed by atoms with E-state index in [4.69, 9.17) is 0 Å². The average molecular weight is 175 g/mol. The Morgan fingerprint density at radius 1 is 1.08 bits per heavy atom.